The number of phenols is 1. The maximum atomic E-state index is 14.3. The number of nitrogens with one attached hydrogen (secondary N) is 1. The van der Waals surface area contributed by atoms with Crippen LogP contribution in [0.4, 0.5) is 10.1 Å². The van der Waals surface area contributed by atoms with Gasteiger partial charge in [-0.1, -0.05) is 29.8 Å². The highest BCUT2D eigenvalue weighted by atomic mass is 35.5. The van der Waals surface area contributed by atoms with E-state index < -0.39 is 32.5 Å². The van der Waals surface area contributed by atoms with Crippen LogP contribution in [0.2, 0.25) is 5.02 Å². The van der Waals surface area contributed by atoms with Gasteiger partial charge in [-0.15, -0.1) is 0 Å². The lowest BCUT2D eigenvalue weighted by molar-refractivity contribution is 0.0450. The molecule has 160 valence electrons. The van der Waals surface area contributed by atoms with Crippen LogP contribution in [0.3, 0.4) is 0 Å². The highest BCUT2D eigenvalue weighted by Gasteiger charge is 2.25. The zero-order valence-electron chi connectivity index (χ0n) is 15.8. The molecule has 0 aromatic heterocycles. The Bertz CT molecular complexity index is 1300. The molecule has 0 spiro atoms. The number of cyclic esters (lactones) is 1. The molecule has 0 unspecified atom stereocenters. The number of halogens is 2. The first kappa shape index (κ1) is 21.0. The first-order valence-electron chi connectivity index (χ1n) is 9.00. The van der Waals surface area contributed by atoms with Gasteiger partial charge in [0.15, 0.2) is 5.75 Å². The summed E-state index contributed by atoms with van der Waals surface area (Å²) in [6, 6.07) is 12.4. The topological polar surface area (TPSA) is 102 Å². The van der Waals surface area contributed by atoms with E-state index in [0.29, 0.717) is 16.9 Å². The summed E-state index contributed by atoms with van der Waals surface area (Å²) >= 11 is 5.92. The number of carbonyl (C=O) groups is 1. The van der Waals surface area contributed by atoms with Gasteiger partial charge in [-0.3, -0.25) is 4.72 Å². The third-order valence-corrected chi connectivity index (χ3v) is 6.16. The van der Waals surface area contributed by atoms with Crippen LogP contribution in [0.25, 0.3) is 11.1 Å². The second-order valence-corrected chi connectivity index (χ2v) is 8.68. The number of anilines is 1. The first-order chi connectivity index (χ1) is 14.7. The smallest absolute Gasteiger partial charge is 0.338 e. The number of phenolic OH excluding ortho intramolecular Hbond substituents is 1. The van der Waals surface area contributed by atoms with E-state index >= 15 is 0 Å². The predicted molar refractivity (Wildman–Crippen MR) is 112 cm³/mol. The molecule has 2 N–H and O–H groups in total. The fourth-order valence-electron chi connectivity index (χ4n) is 3.11. The van der Waals surface area contributed by atoms with Gasteiger partial charge in [0.2, 0.25) is 0 Å². The van der Waals surface area contributed by atoms with E-state index in [-0.39, 0.29) is 29.5 Å². The van der Waals surface area contributed by atoms with Crippen molar-refractivity contribution < 1.29 is 32.2 Å². The van der Waals surface area contributed by atoms with Gasteiger partial charge in [0.1, 0.15) is 29.7 Å². The molecule has 0 amide bonds. The number of benzene rings is 3. The van der Waals surface area contributed by atoms with Gasteiger partial charge in [0, 0.05) is 5.56 Å². The molecular formula is C21H15ClFNO6S. The van der Waals surface area contributed by atoms with E-state index in [1.165, 1.54) is 12.1 Å². The minimum Gasteiger partial charge on any atom is -0.505 e. The fraction of sp³-hybridized carbons (Fsp3) is 0.0952. The molecule has 10 heteroatoms. The number of hydrogen-bond donors (Lipinski definition) is 2. The van der Waals surface area contributed by atoms with Crippen molar-refractivity contribution >= 4 is 33.3 Å². The van der Waals surface area contributed by atoms with Crippen molar-refractivity contribution in [3.8, 4) is 22.6 Å². The molecule has 1 heterocycles. The van der Waals surface area contributed by atoms with Gasteiger partial charge in [0.25, 0.3) is 10.0 Å². The predicted octanol–water partition coefficient (Wildman–Crippen LogP) is 4.20. The molecule has 3 aromatic rings. The van der Waals surface area contributed by atoms with Crippen molar-refractivity contribution in [1.29, 1.82) is 0 Å². The molecule has 4 rings (SSSR count). The summed E-state index contributed by atoms with van der Waals surface area (Å²) in [5.41, 5.74) is 0.591. The van der Waals surface area contributed by atoms with Gasteiger partial charge in [-0.2, -0.15) is 0 Å². The third kappa shape index (κ3) is 4.28. The van der Waals surface area contributed by atoms with Crippen molar-refractivity contribution in [3.05, 3.63) is 71.0 Å². The van der Waals surface area contributed by atoms with Gasteiger partial charge in [-0.25, -0.2) is 17.6 Å². The van der Waals surface area contributed by atoms with Gasteiger partial charge in [-0.05, 0) is 42.0 Å². The lowest BCUT2D eigenvalue weighted by Crippen LogP contribution is -2.16. The van der Waals surface area contributed by atoms with Crippen LogP contribution in [0.1, 0.15) is 10.4 Å². The molecule has 7 nitrogen and oxygen atoms in total. The van der Waals surface area contributed by atoms with Crippen LogP contribution in [0.5, 0.6) is 11.5 Å². The zero-order valence-corrected chi connectivity index (χ0v) is 17.3. The number of hydrogen-bond acceptors (Lipinski definition) is 6. The van der Waals surface area contributed by atoms with Crippen molar-refractivity contribution in [2.45, 2.75) is 4.90 Å². The van der Waals surface area contributed by atoms with Crippen LogP contribution >= 0.6 is 11.6 Å². The average Bonchev–Trinajstić information content (AvgIpc) is 2.71. The van der Waals surface area contributed by atoms with E-state index in [1.54, 1.807) is 24.3 Å². The largest absolute Gasteiger partial charge is 0.505 e. The molecule has 0 saturated carbocycles. The van der Waals surface area contributed by atoms with Gasteiger partial charge in [0.05, 0.1) is 16.3 Å². The van der Waals surface area contributed by atoms with Crippen molar-refractivity contribution in [3.63, 3.8) is 0 Å². The van der Waals surface area contributed by atoms with E-state index in [2.05, 4.69) is 4.72 Å². The monoisotopic (exact) mass is 463 g/mol. The highest BCUT2D eigenvalue weighted by molar-refractivity contribution is 7.92. The van der Waals surface area contributed by atoms with Gasteiger partial charge < -0.3 is 14.6 Å². The number of rotatable bonds is 0. The number of ether oxygens (including phenoxy) is 2. The fourth-order valence-corrected chi connectivity index (χ4v) is 4.57. The molecular weight excluding hydrogens is 449 g/mol. The molecule has 1 aliphatic heterocycles. The summed E-state index contributed by atoms with van der Waals surface area (Å²) in [5.74, 6) is -1.89. The Morgan fingerprint density at radius 1 is 1.00 bits per heavy atom. The van der Waals surface area contributed by atoms with E-state index in [4.69, 9.17) is 21.1 Å². The maximum absolute atomic E-state index is 14.3. The summed E-state index contributed by atoms with van der Waals surface area (Å²) in [7, 11) is -4.44. The lowest BCUT2D eigenvalue weighted by Gasteiger charge is -2.14. The summed E-state index contributed by atoms with van der Waals surface area (Å²) < 4.78 is 53.2. The molecule has 0 radical (unpaired) electrons. The normalized spacial score (nSPS) is 15.4. The molecule has 31 heavy (non-hydrogen) atoms. The zero-order chi connectivity index (χ0) is 22.2. The summed E-state index contributed by atoms with van der Waals surface area (Å²) in [5, 5.41) is 9.83. The Morgan fingerprint density at radius 2 is 1.74 bits per heavy atom. The Kier molecular flexibility index (Phi) is 5.47. The first-order valence-corrected chi connectivity index (χ1v) is 10.9. The average molecular weight is 464 g/mol. The quantitative estimate of drug-likeness (QED) is 0.484. The van der Waals surface area contributed by atoms with E-state index in [1.807, 2.05) is 0 Å². The van der Waals surface area contributed by atoms with Gasteiger partial charge >= 0.3 is 5.97 Å². The number of fused-ring (bicyclic) bond motifs is 6. The Hall–Kier alpha value is -3.30. The lowest BCUT2D eigenvalue weighted by atomic mass is 10.0. The van der Waals surface area contributed by atoms with Crippen LogP contribution in [-0.2, 0) is 14.8 Å². The minimum atomic E-state index is -4.44. The summed E-state index contributed by atoms with van der Waals surface area (Å²) in [4.78, 5) is 11.7. The standard InChI is InChI=1S/C21H15ClFNO6S/c22-17-9-13-10-19(20(17)25)31(27,28)24-15-8-12(7-14(23)11-15)16-3-1-2-4-18(16)29-5-6-30-21(13)26/h1-4,7-11,24-25H,5-6H2. The number of sulfonamides is 1. The molecule has 3 aromatic carbocycles. The van der Waals surface area contributed by atoms with Crippen LogP contribution in [0.15, 0.2) is 59.5 Å². The molecule has 0 atom stereocenters. The van der Waals surface area contributed by atoms with Crippen LogP contribution in [0, 0.1) is 5.82 Å². The van der Waals surface area contributed by atoms with Crippen molar-refractivity contribution in [2.24, 2.45) is 0 Å². The minimum absolute atomic E-state index is 0.000146. The third-order valence-electron chi connectivity index (χ3n) is 4.48. The second-order valence-electron chi connectivity index (χ2n) is 6.62. The van der Waals surface area contributed by atoms with E-state index in [9.17, 15) is 22.7 Å². The molecule has 0 aliphatic carbocycles. The van der Waals surface area contributed by atoms with Crippen LogP contribution < -0.4 is 9.46 Å². The summed E-state index contributed by atoms with van der Waals surface area (Å²) in [6.45, 7) is -0.138. The number of aromatic hydroxyl groups is 1. The highest BCUT2D eigenvalue weighted by Crippen LogP contribution is 2.36. The molecule has 4 bridgehead atoms. The Labute approximate surface area is 182 Å². The second kappa shape index (κ2) is 8.09. The molecule has 1 aliphatic rings. The summed E-state index contributed by atoms with van der Waals surface area (Å²) in [6.07, 6.45) is 0. The Balaban J connectivity index is 1.90. The maximum Gasteiger partial charge on any atom is 0.338 e. The molecule has 0 saturated heterocycles. The number of carbonyl (C=O) groups excluding carboxylic acids is 1. The van der Waals surface area contributed by atoms with Crippen molar-refractivity contribution in [1.82, 2.24) is 0 Å². The Morgan fingerprint density at radius 3 is 2.55 bits per heavy atom. The number of esters is 1. The van der Waals surface area contributed by atoms with Crippen molar-refractivity contribution in [2.75, 3.05) is 17.9 Å². The van der Waals surface area contributed by atoms with Crippen LogP contribution in [-0.4, -0.2) is 32.7 Å². The number of para-hydroxylation sites is 1. The SMILES string of the molecule is O=C1OCCOc2ccccc2-c2cc(F)cc(c2)NS(=O)(=O)c2cc1cc(Cl)c2O. The van der Waals surface area contributed by atoms with E-state index in [0.717, 1.165) is 18.2 Å². The molecule has 0 fully saturated rings.